The molecule has 0 aliphatic rings. The lowest BCUT2D eigenvalue weighted by Gasteiger charge is -2.10. The summed E-state index contributed by atoms with van der Waals surface area (Å²) in [4.78, 5) is 0. The number of anilines is 1. The van der Waals surface area contributed by atoms with E-state index < -0.39 is 0 Å². The summed E-state index contributed by atoms with van der Waals surface area (Å²) in [6, 6.07) is 19.2. The van der Waals surface area contributed by atoms with Crippen LogP contribution in [-0.4, -0.2) is 21.4 Å². The molecule has 4 rings (SSSR count). The van der Waals surface area contributed by atoms with Gasteiger partial charge in [-0.05, 0) is 29.8 Å². The Morgan fingerprint density at radius 3 is 2.46 bits per heavy atom. The molecule has 0 saturated heterocycles. The number of hydrogen-bond acceptors (Lipinski definition) is 3. The molecule has 4 heteroatoms. The molecule has 0 spiro atoms. The van der Waals surface area contributed by atoms with E-state index in [1.165, 1.54) is 0 Å². The predicted octanol–water partition coefficient (Wildman–Crippen LogP) is 3.74. The van der Waals surface area contributed by atoms with Crippen molar-refractivity contribution in [2.45, 2.75) is 6.54 Å². The lowest BCUT2D eigenvalue weighted by molar-refractivity contribution is 0.280. The van der Waals surface area contributed by atoms with Crippen LogP contribution >= 0.6 is 0 Å². The van der Waals surface area contributed by atoms with E-state index in [-0.39, 0.29) is 12.4 Å². The van der Waals surface area contributed by atoms with E-state index in [9.17, 15) is 10.2 Å². The van der Waals surface area contributed by atoms with Crippen LogP contribution in [0.5, 0.6) is 5.75 Å². The maximum absolute atomic E-state index is 10.2. The normalized spacial score (nSPS) is 11.4. The first-order valence-electron chi connectivity index (χ1n) is 7.90. The molecule has 1 heterocycles. The molecule has 0 fully saturated rings. The van der Waals surface area contributed by atoms with Crippen LogP contribution in [0.15, 0.2) is 60.7 Å². The average molecular weight is 318 g/mol. The van der Waals surface area contributed by atoms with Crippen molar-refractivity contribution in [3.8, 4) is 16.9 Å². The number of phenols is 1. The molecular formula is C20H18N2O2. The summed E-state index contributed by atoms with van der Waals surface area (Å²) in [5.74, 6) is 0.232. The van der Waals surface area contributed by atoms with Gasteiger partial charge in [-0.2, -0.15) is 0 Å². The fraction of sp³-hybridized carbons (Fsp3) is 0.100. The zero-order valence-corrected chi connectivity index (χ0v) is 13.1. The summed E-state index contributed by atoms with van der Waals surface area (Å²) in [5.41, 5.74) is 10.6. The van der Waals surface area contributed by atoms with Gasteiger partial charge in [0, 0.05) is 28.4 Å². The van der Waals surface area contributed by atoms with Gasteiger partial charge in [0.1, 0.15) is 5.75 Å². The van der Waals surface area contributed by atoms with Crippen molar-refractivity contribution in [3.05, 3.63) is 60.7 Å². The van der Waals surface area contributed by atoms with Crippen molar-refractivity contribution in [1.29, 1.82) is 0 Å². The Balaban J connectivity index is 2.09. The van der Waals surface area contributed by atoms with Crippen LogP contribution in [0, 0.1) is 0 Å². The molecule has 0 radical (unpaired) electrons. The number of hydrogen-bond donors (Lipinski definition) is 3. The summed E-state index contributed by atoms with van der Waals surface area (Å²) in [5, 5.41) is 21.7. The number of aliphatic hydroxyl groups excluding tert-OH is 1. The lowest BCUT2D eigenvalue weighted by Crippen LogP contribution is -2.03. The van der Waals surface area contributed by atoms with Crippen molar-refractivity contribution in [2.75, 3.05) is 12.3 Å². The SMILES string of the molecule is Nc1cc(-c2ccccc2O)cc2c3ccccc3n(CCO)c12. The van der Waals surface area contributed by atoms with E-state index in [4.69, 9.17) is 5.73 Å². The largest absolute Gasteiger partial charge is 0.507 e. The van der Waals surface area contributed by atoms with Crippen LogP contribution in [0.3, 0.4) is 0 Å². The van der Waals surface area contributed by atoms with Crippen LogP contribution in [0.25, 0.3) is 32.9 Å². The Kier molecular flexibility index (Phi) is 3.40. The standard InChI is InChI=1S/C20H18N2O2/c21-17-12-13(14-5-2-4-8-19(14)24)11-16-15-6-1-3-7-18(15)22(9-10-23)20(16)17/h1-8,11-12,23-24H,9-10,21H2. The third-order valence-electron chi connectivity index (χ3n) is 4.43. The average Bonchev–Trinajstić information content (AvgIpc) is 2.91. The molecule has 0 unspecified atom stereocenters. The Morgan fingerprint density at radius 1 is 0.917 bits per heavy atom. The molecule has 0 atom stereocenters. The Bertz CT molecular complexity index is 1050. The van der Waals surface area contributed by atoms with Gasteiger partial charge in [0.2, 0.25) is 0 Å². The fourth-order valence-electron chi connectivity index (χ4n) is 3.43. The van der Waals surface area contributed by atoms with Crippen LogP contribution in [0.1, 0.15) is 0 Å². The number of nitrogens with zero attached hydrogens (tertiary/aromatic N) is 1. The van der Waals surface area contributed by atoms with Gasteiger partial charge in [-0.3, -0.25) is 0 Å². The molecule has 24 heavy (non-hydrogen) atoms. The molecule has 3 aromatic carbocycles. The molecule has 0 amide bonds. The monoisotopic (exact) mass is 318 g/mol. The zero-order valence-electron chi connectivity index (χ0n) is 13.1. The predicted molar refractivity (Wildman–Crippen MR) is 98.0 cm³/mol. The minimum atomic E-state index is 0.0500. The van der Waals surface area contributed by atoms with Crippen LogP contribution in [0.4, 0.5) is 5.69 Å². The molecule has 4 N–H and O–H groups in total. The molecule has 1 aromatic heterocycles. The van der Waals surface area contributed by atoms with E-state index in [1.807, 2.05) is 36.4 Å². The Labute approximate surface area is 139 Å². The van der Waals surface area contributed by atoms with Crippen LogP contribution < -0.4 is 5.73 Å². The molecule has 0 bridgehead atoms. The second kappa shape index (κ2) is 5.58. The molecule has 120 valence electrons. The van der Waals surface area contributed by atoms with Gasteiger partial charge in [0.05, 0.1) is 17.8 Å². The Hall–Kier alpha value is -2.98. The maximum atomic E-state index is 10.2. The van der Waals surface area contributed by atoms with Crippen molar-refractivity contribution >= 4 is 27.5 Å². The number of benzene rings is 3. The molecule has 0 aliphatic heterocycles. The minimum absolute atomic E-state index is 0.0500. The summed E-state index contributed by atoms with van der Waals surface area (Å²) in [6.07, 6.45) is 0. The van der Waals surface area contributed by atoms with E-state index in [0.29, 0.717) is 12.2 Å². The van der Waals surface area contributed by atoms with Gasteiger partial charge in [-0.1, -0.05) is 36.4 Å². The second-order valence-corrected chi connectivity index (χ2v) is 5.87. The summed E-state index contributed by atoms with van der Waals surface area (Å²) in [6.45, 7) is 0.540. The van der Waals surface area contributed by atoms with E-state index in [0.717, 1.165) is 32.9 Å². The van der Waals surface area contributed by atoms with Gasteiger partial charge in [-0.25, -0.2) is 0 Å². The number of phenolic OH excluding ortho intramolecular Hbond substituents is 1. The van der Waals surface area contributed by atoms with Gasteiger partial charge < -0.3 is 20.5 Å². The maximum Gasteiger partial charge on any atom is 0.123 e. The molecule has 4 aromatic rings. The summed E-state index contributed by atoms with van der Waals surface area (Å²) >= 11 is 0. The number of aliphatic hydroxyl groups is 1. The summed E-state index contributed by atoms with van der Waals surface area (Å²) in [7, 11) is 0. The highest BCUT2D eigenvalue weighted by Gasteiger charge is 2.15. The smallest absolute Gasteiger partial charge is 0.123 e. The number of aromatic hydroxyl groups is 1. The van der Waals surface area contributed by atoms with Crippen LogP contribution in [0.2, 0.25) is 0 Å². The third-order valence-corrected chi connectivity index (χ3v) is 4.43. The zero-order chi connectivity index (χ0) is 16.7. The van der Waals surface area contributed by atoms with Crippen molar-refractivity contribution in [2.24, 2.45) is 0 Å². The van der Waals surface area contributed by atoms with E-state index in [2.05, 4.69) is 16.7 Å². The number of fused-ring (bicyclic) bond motifs is 3. The van der Waals surface area contributed by atoms with E-state index in [1.54, 1.807) is 12.1 Å². The van der Waals surface area contributed by atoms with Crippen molar-refractivity contribution in [3.63, 3.8) is 0 Å². The lowest BCUT2D eigenvalue weighted by atomic mass is 10.0. The van der Waals surface area contributed by atoms with Gasteiger partial charge in [0.15, 0.2) is 0 Å². The minimum Gasteiger partial charge on any atom is -0.507 e. The first kappa shape index (κ1) is 14.6. The number of para-hydroxylation sites is 2. The van der Waals surface area contributed by atoms with Crippen molar-refractivity contribution in [1.82, 2.24) is 4.57 Å². The van der Waals surface area contributed by atoms with E-state index >= 15 is 0 Å². The van der Waals surface area contributed by atoms with Gasteiger partial charge >= 0.3 is 0 Å². The first-order valence-corrected chi connectivity index (χ1v) is 7.90. The third kappa shape index (κ3) is 2.12. The number of nitrogens with two attached hydrogens (primary N) is 1. The van der Waals surface area contributed by atoms with Crippen LogP contribution in [-0.2, 0) is 6.54 Å². The number of rotatable bonds is 3. The highest BCUT2D eigenvalue weighted by Crippen LogP contribution is 2.38. The topological polar surface area (TPSA) is 71.4 Å². The second-order valence-electron chi connectivity index (χ2n) is 5.87. The summed E-state index contributed by atoms with van der Waals surface area (Å²) < 4.78 is 2.05. The first-order chi connectivity index (χ1) is 11.7. The van der Waals surface area contributed by atoms with Gasteiger partial charge in [0.25, 0.3) is 0 Å². The number of nitrogen functional groups attached to an aromatic ring is 1. The molecular weight excluding hydrogens is 300 g/mol. The highest BCUT2D eigenvalue weighted by atomic mass is 16.3. The number of aromatic nitrogens is 1. The quantitative estimate of drug-likeness (QED) is 0.504. The Morgan fingerprint density at radius 2 is 1.67 bits per heavy atom. The van der Waals surface area contributed by atoms with Gasteiger partial charge in [-0.15, -0.1) is 0 Å². The highest BCUT2D eigenvalue weighted by molar-refractivity contribution is 6.13. The van der Waals surface area contributed by atoms with Crippen molar-refractivity contribution < 1.29 is 10.2 Å². The molecule has 0 saturated carbocycles. The molecule has 4 nitrogen and oxygen atoms in total. The fourth-order valence-corrected chi connectivity index (χ4v) is 3.43. The molecule has 0 aliphatic carbocycles.